The molecule has 0 unspecified atom stereocenters. The lowest BCUT2D eigenvalue weighted by molar-refractivity contribution is 0.0701. The molecular weight excluding hydrogens is 238 g/mol. The van der Waals surface area contributed by atoms with Gasteiger partial charge in [0.1, 0.15) is 0 Å². The number of nitrogens with zero attached hydrogens (tertiary/aromatic N) is 2. The minimum absolute atomic E-state index is 0.184. The Labute approximate surface area is 114 Å². The van der Waals surface area contributed by atoms with Gasteiger partial charge in [0.25, 0.3) is 5.91 Å². The van der Waals surface area contributed by atoms with E-state index in [1.54, 1.807) is 12.4 Å². The van der Waals surface area contributed by atoms with E-state index >= 15 is 0 Å². The lowest BCUT2D eigenvalue weighted by Crippen LogP contribution is -2.40. The molecule has 3 rings (SSSR count). The zero-order valence-electron chi connectivity index (χ0n) is 11.2. The molecule has 0 bridgehead atoms. The number of piperidine rings is 1. The van der Waals surface area contributed by atoms with E-state index in [4.69, 9.17) is 0 Å². The van der Waals surface area contributed by atoms with Gasteiger partial charge in [-0.3, -0.25) is 9.78 Å². The number of nitrogens with one attached hydrogen (secondary N) is 1. The van der Waals surface area contributed by atoms with Crippen molar-refractivity contribution in [3.8, 4) is 0 Å². The molecule has 0 radical (unpaired) electrons. The number of carbonyl (C=O) groups excluding carboxylic acids is 1. The quantitative estimate of drug-likeness (QED) is 0.895. The highest BCUT2D eigenvalue weighted by Crippen LogP contribution is 2.30. The van der Waals surface area contributed by atoms with Crippen LogP contribution in [0.1, 0.15) is 36.0 Å². The maximum Gasteiger partial charge on any atom is 0.254 e. The molecule has 1 aromatic rings. The number of pyridine rings is 1. The van der Waals surface area contributed by atoms with Crippen LogP contribution < -0.4 is 5.32 Å². The molecule has 1 saturated heterocycles. The molecule has 102 valence electrons. The van der Waals surface area contributed by atoms with Crippen LogP contribution in [0.2, 0.25) is 0 Å². The lowest BCUT2D eigenvalue weighted by Gasteiger charge is -2.30. The van der Waals surface area contributed by atoms with Crippen molar-refractivity contribution in [3.63, 3.8) is 0 Å². The van der Waals surface area contributed by atoms with E-state index in [0.717, 1.165) is 25.2 Å². The second-order valence-corrected chi connectivity index (χ2v) is 5.62. The molecule has 1 saturated carbocycles. The molecule has 2 fully saturated rings. The van der Waals surface area contributed by atoms with Gasteiger partial charge in [0.2, 0.25) is 0 Å². The summed E-state index contributed by atoms with van der Waals surface area (Å²) in [5.74, 6) is 0.844. The van der Waals surface area contributed by atoms with Crippen LogP contribution in [0, 0.1) is 5.92 Å². The zero-order valence-corrected chi connectivity index (χ0v) is 11.2. The van der Waals surface area contributed by atoms with Crippen LogP contribution in [0.25, 0.3) is 0 Å². The average Bonchev–Trinajstić information content (AvgIpc) is 3.31. The Balaban J connectivity index is 1.68. The van der Waals surface area contributed by atoms with Crippen molar-refractivity contribution in [3.05, 3.63) is 30.1 Å². The molecule has 1 aliphatic heterocycles. The summed E-state index contributed by atoms with van der Waals surface area (Å²) in [6.45, 7) is 3.10. The van der Waals surface area contributed by atoms with Gasteiger partial charge in [0.15, 0.2) is 0 Å². The number of amides is 1. The zero-order chi connectivity index (χ0) is 13.1. The van der Waals surface area contributed by atoms with Crippen molar-refractivity contribution >= 4 is 5.91 Å². The Morgan fingerprint density at radius 1 is 1.21 bits per heavy atom. The van der Waals surface area contributed by atoms with Gasteiger partial charge in [0.05, 0.1) is 0 Å². The minimum atomic E-state index is 0.184. The summed E-state index contributed by atoms with van der Waals surface area (Å²) in [5.41, 5.74) is 0.774. The number of aromatic nitrogens is 1. The second-order valence-electron chi connectivity index (χ2n) is 5.62. The van der Waals surface area contributed by atoms with Gasteiger partial charge in [-0.15, -0.1) is 0 Å². The van der Waals surface area contributed by atoms with Crippen molar-refractivity contribution < 1.29 is 4.79 Å². The van der Waals surface area contributed by atoms with Crippen molar-refractivity contribution in [2.24, 2.45) is 5.92 Å². The number of hydrogen-bond acceptors (Lipinski definition) is 3. The van der Waals surface area contributed by atoms with Crippen molar-refractivity contribution in [1.82, 2.24) is 15.2 Å². The fraction of sp³-hybridized carbons (Fsp3) is 0.600. The smallest absolute Gasteiger partial charge is 0.254 e. The second kappa shape index (κ2) is 5.70. The summed E-state index contributed by atoms with van der Waals surface area (Å²) in [7, 11) is 0. The lowest BCUT2D eigenvalue weighted by atomic mass is 9.97. The summed E-state index contributed by atoms with van der Waals surface area (Å²) in [6, 6.07) is 4.12. The van der Waals surface area contributed by atoms with Crippen LogP contribution in [0.15, 0.2) is 24.5 Å². The monoisotopic (exact) mass is 259 g/mol. The summed E-state index contributed by atoms with van der Waals surface area (Å²) < 4.78 is 0. The Bertz CT molecular complexity index is 424. The first-order valence-electron chi connectivity index (χ1n) is 7.26. The van der Waals surface area contributed by atoms with Gasteiger partial charge in [-0.1, -0.05) is 0 Å². The summed E-state index contributed by atoms with van der Waals surface area (Å²) in [6.07, 6.45) is 8.11. The fourth-order valence-corrected chi connectivity index (χ4v) is 2.79. The summed E-state index contributed by atoms with van der Waals surface area (Å²) >= 11 is 0. The van der Waals surface area contributed by atoms with E-state index in [1.807, 2.05) is 12.1 Å². The molecule has 1 amide bonds. The molecule has 1 N–H and O–H groups in total. The molecule has 4 nitrogen and oxygen atoms in total. The normalized spacial score (nSPS) is 20.2. The van der Waals surface area contributed by atoms with Crippen LogP contribution in [0.5, 0.6) is 0 Å². The van der Waals surface area contributed by atoms with Crippen molar-refractivity contribution in [1.29, 1.82) is 0 Å². The average molecular weight is 259 g/mol. The third-order valence-electron chi connectivity index (χ3n) is 4.09. The minimum Gasteiger partial charge on any atom is -0.335 e. The Kier molecular flexibility index (Phi) is 3.78. The van der Waals surface area contributed by atoms with Gasteiger partial charge < -0.3 is 10.2 Å². The molecule has 4 heteroatoms. The maximum absolute atomic E-state index is 12.6. The molecule has 2 aliphatic rings. The standard InChI is InChI=1S/C15H21N3O/c19-15(13-5-9-17-10-6-13)18(14-1-2-14)11-12-3-7-16-8-4-12/h5-6,9-10,12,14,16H,1-4,7-8,11H2. The van der Waals surface area contributed by atoms with Crippen molar-refractivity contribution in [2.75, 3.05) is 19.6 Å². The first-order chi connectivity index (χ1) is 9.34. The number of carbonyl (C=O) groups is 1. The predicted octanol–water partition coefficient (Wildman–Crippen LogP) is 1.69. The Morgan fingerprint density at radius 3 is 2.53 bits per heavy atom. The molecule has 0 aromatic carbocycles. The van der Waals surface area contributed by atoms with Crippen molar-refractivity contribution in [2.45, 2.75) is 31.7 Å². The number of rotatable bonds is 4. The topological polar surface area (TPSA) is 45.2 Å². The largest absolute Gasteiger partial charge is 0.335 e. The van der Waals surface area contributed by atoms with E-state index in [0.29, 0.717) is 12.0 Å². The van der Waals surface area contributed by atoms with Crippen LogP contribution in [0.4, 0.5) is 0 Å². The molecule has 0 spiro atoms. The van der Waals surface area contributed by atoms with Gasteiger partial charge in [-0.2, -0.15) is 0 Å². The van der Waals surface area contributed by atoms with Crippen LogP contribution in [-0.2, 0) is 0 Å². The van der Waals surface area contributed by atoms with Gasteiger partial charge >= 0.3 is 0 Å². The fourth-order valence-electron chi connectivity index (χ4n) is 2.79. The molecular formula is C15H21N3O. The molecule has 0 atom stereocenters. The van der Waals surface area contributed by atoms with Gasteiger partial charge in [-0.05, 0) is 56.8 Å². The van der Waals surface area contributed by atoms with Crippen LogP contribution in [0.3, 0.4) is 0 Å². The highest BCUT2D eigenvalue weighted by Gasteiger charge is 2.34. The van der Waals surface area contributed by atoms with E-state index in [-0.39, 0.29) is 5.91 Å². The van der Waals surface area contributed by atoms with E-state index < -0.39 is 0 Å². The van der Waals surface area contributed by atoms with Gasteiger partial charge in [0, 0.05) is 30.5 Å². The molecule has 1 aromatic heterocycles. The predicted molar refractivity (Wildman–Crippen MR) is 73.9 cm³/mol. The highest BCUT2D eigenvalue weighted by molar-refractivity contribution is 5.94. The van der Waals surface area contributed by atoms with Gasteiger partial charge in [-0.25, -0.2) is 0 Å². The summed E-state index contributed by atoms with van der Waals surface area (Å²) in [5, 5.41) is 3.38. The molecule has 2 heterocycles. The van der Waals surface area contributed by atoms with E-state index in [1.165, 1.54) is 25.7 Å². The first kappa shape index (κ1) is 12.6. The SMILES string of the molecule is O=C(c1ccncc1)N(CC1CCNCC1)C1CC1. The third kappa shape index (κ3) is 3.13. The maximum atomic E-state index is 12.6. The Morgan fingerprint density at radius 2 is 1.89 bits per heavy atom. The Hall–Kier alpha value is -1.42. The van der Waals surface area contributed by atoms with E-state index in [9.17, 15) is 4.79 Å². The molecule has 19 heavy (non-hydrogen) atoms. The first-order valence-corrected chi connectivity index (χ1v) is 7.26. The number of hydrogen-bond donors (Lipinski definition) is 1. The highest BCUT2D eigenvalue weighted by atomic mass is 16.2. The van der Waals surface area contributed by atoms with E-state index in [2.05, 4.69) is 15.2 Å². The van der Waals surface area contributed by atoms with Crippen LogP contribution in [-0.4, -0.2) is 41.5 Å². The summed E-state index contributed by atoms with van der Waals surface area (Å²) in [4.78, 5) is 18.7. The molecule has 1 aliphatic carbocycles. The third-order valence-corrected chi connectivity index (χ3v) is 4.09. The van der Waals surface area contributed by atoms with Crippen LogP contribution >= 0.6 is 0 Å².